The van der Waals surface area contributed by atoms with Gasteiger partial charge in [0, 0.05) is 6.04 Å². The number of hydrogen-bond donors (Lipinski definition) is 0. The molecule has 0 unspecified atom stereocenters. The molecule has 88 valence electrons. The first-order chi connectivity index (χ1) is 6.94. The van der Waals surface area contributed by atoms with E-state index in [1.165, 1.54) is 19.3 Å². The SMILES string of the molecule is C=CC(C)(C)OC[C@@H]1CC[C@@H](N(C)C)C1. The summed E-state index contributed by atoms with van der Waals surface area (Å²) in [4.78, 5) is 2.33. The van der Waals surface area contributed by atoms with Crippen molar-refractivity contribution in [3.63, 3.8) is 0 Å². The lowest BCUT2D eigenvalue weighted by Gasteiger charge is -2.24. The van der Waals surface area contributed by atoms with Gasteiger partial charge in [0.25, 0.3) is 0 Å². The molecule has 0 aromatic carbocycles. The first kappa shape index (κ1) is 12.7. The van der Waals surface area contributed by atoms with Gasteiger partial charge < -0.3 is 9.64 Å². The van der Waals surface area contributed by atoms with Crippen LogP contribution in [0.3, 0.4) is 0 Å². The monoisotopic (exact) mass is 211 g/mol. The molecule has 15 heavy (non-hydrogen) atoms. The second-order valence-corrected chi connectivity index (χ2v) is 5.42. The third-order valence-electron chi connectivity index (χ3n) is 3.43. The third kappa shape index (κ3) is 3.96. The van der Waals surface area contributed by atoms with E-state index in [0.717, 1.165) is 18.6 Å². The Morgan fingerprint density at radius 3 is 2.53 bits per heavy atom. The predicted molar refractivity (Wildman–Crippen MR) is 65.0 cm³/mol. The molecular formula is C13H25NO. The molecule has 2 atom stereocenters. The minimum absolute atomic E-state index is 0.170. The van der Waals surface area contributed by atoms with Crippen LogP contribution in [0.4, 0.5) is 0 Å². The summed E-state index contributed by atoms with van der Waals surface area (Å²) in [5, 5.41) is 0. The maximum absolute atomic E-state index is 5.85. The van der Waals surface area contributed by atoms with Gasteiger partial charge in [-0.05, 0) is 53.1 Å². The molecule has 2 nitrogen and oxygen atoms in total. The highest BCUT2D eigenvalue weighted by Crippen LogP contribution is 2.29. The Morgan fingerprint density at radius 2 is 2.07 bits per heavy atom. The normalized spacial score (nSPS) is 27.3. The Kier molecular flexibility index (Phi) is 4.35. The van der Waals surface area contributed by atoms with Gasteiger partial charge in [0.1, 0.15) is 0 Å². The maximum Gasteiger partial charge on any atom is 0.0803 e. The van der Waals surface area contributed by atoms with E-state index < -0.39 is 0 Å². The van der Waals surface area contributed by atoms with Crippen molar-refractivity contribution in [1.29, 1.82) is 0 Å². The van der Waals surface area contributed by atoms with E-state index in [9.17, 15) is 0 Å². The fraction of sp³-hybridized carbons (Fsp3) is 0.846. The van der Waals surface area contributed by atoms with Crippen molar-refractivity contribution in [2.24, 2.45) is 5.92 Å². The second kappa shape index (κ2) is 5.13. The van der Waals surface area contributed by atoms with Crippen molar-refractivity contribution < 1.29 is 4.74 Å². The van der Waals surface area contributed by atoms with Gasteiger partial charge in [-0.15, -0.1) is 6.58 Å². The van der Waals surface area contributed by atoms with Crippen LogP contribution in [0.15, 0.2) is 12.7 Å². The number of hydrogen-bond acceptors (Lipinski definition) is 2. The average molecular weight is 211 g/mol. The van der Waals surface area contributed by atoms with E-state index in [1.54, 1.807) is 0 Å². The quantitative estimate of drug-likeness (QED) is 0.648. The summed E-state index contributed by atoms with van der Waals surface area (Å²) in [7, 11) is 4.34. The van der Waals surface area contributed by atoms with E-state index >= 15 is 0 Å². The summed E-state index contributed by atoms with van der Waals surface area (Å²) in [5.41, 5.74) is -0.170. The summed E-state index contributed by atoms with van der Waals surface area (Å²) in [6.07, 6.45) is 5.78. The molecule has 0 bridgehead atoms. The molecular weight excluding hydrogens is 186 g/mol. The molecule has 1 saturated carbocycles. The van der Waals surface area contributed by atoms with Gasteiger partial charge in [0.15, 0.2) is 0 Å². The molecule has 1 aliphatic carbocycles. The fourth-order valence-corrected chi connectivity index (χ4v) is 2.06. The Labute approximate surface area is 94.3 Å². The van der Waals surface area contributed by atoms with E-state index in [0.29, 0.717) is 0 Å². The molecule has 0 amide bonds. The van der Waals surface area contributed by atoms with Gasteiger partial charge in [-0.25, -0.2) is 0 Å². The first-order valence-electron chi connectivity index (χ1n) is 5.88. The summed E-state index contributed by atoms with van der Waals surface area (Å²) in [5.74, 6) is 0.733. The summed E-state index contributed by atoms with van der Waals surface area (Å²) in [6.45, 7) is 8.80. The Balaban J connectivity index is 2.28. The molecule has 0 saturated heterocycles. The smallest absolute Gasteiger partial charge is 0.0803 e. The van der Waals surface area contributed by atoms with E-state index in [2.05, 4.69) is 39.4 Å². The van der Waals surface area contributed by atoms with Crippen molar-refractivity contribution in [3.8, 4) is 0 Å². The van der Waals surface area contributed by atoms with E-state index in [-0.39, 0.29) is 5.60 Å². The van der Waals surface area contributed by atoms with Crippen LogP contribution in [0.25, 0.3) is 0 Å². The molecule has 1 fully saturated rings. The molecule has 0 heterocycles. The molecule has 0 radical (unpaired) electrons. The van der Waals surface area contributed by atoms with Crippen molar-refractivity contribution in [2.75, 3.05) is 20.7 Å². The largest absolute Gasteiger partial charge is 0.371 e. The molecule has 0 aromatic rings. The zero-order chi connectivity index (χ0) is 11.5. The first-order valence-corrected chi connectivity index (χ1v) is 5.88. The van der Waals surface area contributed by atoms with Gasteiger partial charge in [-0.1, -0.05) is 6.08 Å². The lowest BCUT2D eigenvalue weighted by molar-refractivity contribution is -0.00134. The van der Waals surface area contributed by atoms with Crippen molar-refractivity contribution in [3.05, 3.63) is 12.7 Å². The summed E-state index contributed by atoms with van der Waals surface area (Å²) >= 11 is 0. The summed E-state index contributed by atoms with van der Waals surface area (Å²) in [6, 6.07) is 0.755. The molecule has 1 aliphatic rings. The molecule has 0 N–H and O–H groups in total. The molecule has 0 aliphatic heterocycles. The zero-order valence-corrected chi connectivity index (χ0v) is 10.6. The fourth-order valence-electron chi connectivity index (χ4n) is 2.06. The van der Waals surface area contributed by atoms with Crippen LogP contribution in [-0.2, 0) is 4.74 Å². The lowest BCUT2D eigenvalue weighted by atomic mass is 10.1. The van der Waals surface area contributed by atoms with Crippen LogP contribution in [0.5, 0.6) is 0 Å². The Hall–Kier alpha value is -0.340. The lowest BCUT2D eigenvalue weighted by Crippen LogP contribution is -2.27. The van der Waals surface area contributed by atoms with Gasteiger partial charge >= 0.3 is 0 Å². The van der Waals surface area contributed by atoms with Gasteiger partial charge in [0.05, 0.1) is 12.2 Å². The average Bonchev–Trinajstić information content (AvgIpc) is 2.63. The topological polar surface area (TPSA) is 12.5 Å². The molecule has 0 spiro atoms. The van der Waals surface area contributed by atoms with Crippen LogP contribution in [-0.4, -0.2) is 37.2 Å². The highest BCUT2D eigenvalue weighted by molar-refractivity contribution is 4.90. The second-order valence-electron chi connectivity index (χ2n) is 5.42. The minimum Gasteiger partial charge on any atom is -0.371 e. The highest BCUT2D eigenvalue weighted by atomic mass is 16.5. The van der Waals surface area contributed by atoms with Crippen LogP contribution in [0.1, 0.15) is 33.1 Å². The van der Waals surface area contributed by atoms with Crippen LogP contribution >= 0.6 is 0 Å². The van der Waals surface area contributed by atoms with E-state index in [4.69, 9.17) is 4.74 Å². The predicted octanol–water partition coefficient (Wildman–Crippen LogP) is 2.70. The molecule has 2 heteroatoms. The van der Waals surface area contributed by atoms with Crippen molar-refractivity contribution in [1.82, 2.24) is 4.90 Å². The standard InChI is InChI=1S/C13H25NO/c1-6-13(2,3)15-10-11-7-8-12(9-11)14(4)5/h6,11-12H,1,7-10H2,2-5H3/t11-,12-/m1/s1. The van der Waals surface area contributed by atoms with Crippen LogP contribution < -0.4 is 0 Å². The molecule has 1 rings (SSSR count). The molecule has 0 aromatic heterocycles. The van der Waals surface area contributed by atoms with Gasteiger partial charge in [0.2, 0.25) is 0 Å². The zero-order valence-electron chi connectivity index (χ0n) is 10.6. The highest BCUT2D eigenvalue weighted by Gasteiger charge is 2.27. The number of nitrogens with zero attached hydrogens (tertiary/aromatic N) is 1. The number of rotatable bonds is 5. The van der Waals surface area contributed by atoms with Gasteiger partial charge in [-0.3, -0.25) is 0 Å². The van der Waals surface area contributed by atoms with Gasteiger partial charge in [-0.2, -0.15) is 0 Å². The van der Waals surface area contributed by atoms with Crippen molar-refractivity contribution in [2.45, 2.75) is 44.8 Å². The maximum atomic E-state index is 5.85. The minimum atomic E-state index is -0.170. The Bertz CT molecular complexity index is 211. The number of ether oxygens (including phenoxy) is 1. The Morgan fingerprint density at radius 1 is 1.40 bits per heavy atom. The van der Waals surface area contributed by atoms with Crippen LogP contribution in [0, 0.1) is 5.92 Å². The van der Waals surface area contributed by atoms with E-state index in [1.807, 2.05) is 6.08 Å². The third-order valence-corrected chi connectivity index (χ3v) is 3.43. The van der Waals surface area contributed by atoms with Crippen LogP contribution in [0.2, 0.25) is 0 Å². The van der Waals surface area contributed by atoms with Crippen molar-refractivity contribution >= 4 is 0 Å². The summed E-state index contributed by atoms with van der Waals surface area (Å²) < 4.78 is 5.85.